The Morgan fingerprint density at radius 2 is 1.24 bits per heavy atom. The third-order valence-electron chi connectivity index (χ3n) is 24.8. The maximum Gasteiger partial charge on any atom is 0.397 e. The number of nitrogens with one attached hydrogen (secondary N) is 3. The smallest absolute Gasteiger partial charge is 0.377 e. The Bertz CT molecular complexity index is 3260. The molecule has 4 saturated carbocycles. The number of halogens is 8. The Morgan fingerprint density at radius 3 is 1.82 bits per heavy atom. The van der Waals surface area contributed by atoms with Crippen LogP contribution in [0.15, 0.2) is 12.2 Å². The Morgan fingerprint density at radius 1 is 0.606 bits per heavy atom. The number of amides is 12. The van der Waals surface area contributed by atoms with E-state index in [2.05, 4.69) is 16.0 Å². The highest BCUT2D eigenvalue weighted by Crippen LogP contribution is 2.46. The van der Waals surface area contributed by atoms with Gasteiger partial charge in [-0.2, -0.15) is 26.3 Å². The molecule has 33 heteroatoms. The van der Waals surface area contributed by atoms with E-state index in [1.807, 2.05) is 0 Å². The zero-order chi connectivity index (χ0) is 80.3. The second-order valence-electron chi connectivity index (χ2n) is 32.1. The first-order valence-electron chi connectivity index (χ1n) is 39.4. The summed E-state index contributed by atoms with van der Waals surface area (Å²) >= 11 is 0. The van der Waals surface area contributed by atoms with Gasteiger partial charge in [0, 0.05) is 81.5 Å². The molecule has 25 nitrogen and oxygen atoms in total. The summed E-state index contributed by atoms with van der Waals surface area (Å²) in [5, 5.41) is 8.44. The molecule has 4 heterocycles. The van der Waals surface area contributed by atoms with E-state index in [1.165, 1.54) is 61.9 Å². The quantitative estimate of drug-likeness (QED) is 0.129. The van der Waals surface area contributed by atoms with Crippen molar-refractivity contribution in [2.75, 3.05) is 88.2 Å². The lowest BCUT2D eigenvalue weighted by molar-refractivity contribution is -0.219. The monoisotopic (exact) mass is 1560 g/mol. The van der Waals surface area contributed by atoms with Gasteiger partial charge in [0.2, 0.25) is 70.9 Å². The van der Waals surface area contributed by atoms with Gasteiger partial charge in [0.25, 0.3) is 0 Å². The average molecular weight is 1560 g/mol. The van der Waals surface area contributed by atoms with Crippen LogP contribution in [0.25, 0.3) is 0 Å². The average Bonchev–Trinajstić information content (AvgIpc) is 1.71. The highest BCUT2D eigenvalue weighted by atomic mass is 19.4. The SMILES string of the molecule is CCC[C@H]1C(=O)N[C@@H]([C@@H](C)CC)C(=O)N(C)CC(=O)N(C)[C@H]2C/C=C\CCN(C2=O)[C@@H](CC2CCC(C(F)(F)F)CC2)C(=O)N(C)CC(=O)N[C@@H](CCC2CC(F)C(C(F)(F)F)C(F)C2)C(=O)N2C[C@H](OCC)C[C@H]2C(=O)NC2(CCC2)C(=O)N(C)[C@@H](C2CCCC2)C(=O)N(C)[C@H](C(=O)N2CCCC2)CC(=O)N1C. The fourth-order valence-corrected chi connectivity index (χ4v) is 17.7. The number of carbonyl (C=O) groups is 12. The largest absolute Gasteiger partial charge is 0.397 e. The molecule has 4 aliphatic heterocycles. The van der Waals surface area contributed by atoms with Crippen LogP contribution in [0.5, 0.6) is 0 Å². The zero-order valence-electron chi connectivity index (χ0n) is 65.0. The standard InChI is InChI=1S/C76H116F8N12O13/c1-11-22-54-65(100)86-63(45(4)12-2)71(106)89(6)44-61(99)91(8)55-25-15-14-18-36-95(70(55)105)58(39-46-26-29-49(30-27-46)75(79,80)81)68(103)88(5)43-59(97)85-53(31-28-47-37-51(77)62(52(78)38-47)76(82,83)84)67(102)96-42-50(109-13-3)40-56(96)66(101)87-74(32-21-33-74)73(108)93(10)64(48-23-16-17-24-48)72(107)92(9)57(41-60(98)90(54)7)69(104)94-34-19-20-35-94/h14-15,45-58,62-64H,11-13,16-44H2,1-10H3,(H,85,97)(H,86,100)(H,87,101)/b15-14-/t45-,46?,47?,49?,50+,51?,52?,53-,54-,55-,56-,57-,58-,62?,63-,64-/m0/s1. The normalized spacial score (nSPS) is 32.5. The van der Waals surface area contributed by atoms with Gasteiger partial charge in [-0.1, -0.05) is 58.6 Å². The lowest BCUT2D eigenvalue weighted by atomic mass is 9.74. The van der Waals surface area contributed by atoms with Gasteiger partial charge < -0.3 is 64.8 Å². The van der Waals surface area contributed by atoms with Crippen LogP contribution < -0.4 is 16.0 Å². The van der Waals surface area contributed by atoms with E-state index in [-0.39, 0.29) is 96.7 Å². The summed E-state index contributed by atoms with van der Waals surface area (Å²) in [4.78, 5) is 193. The van der Waals surface area contributed by atoms with Gasteiger partial charge in [0.05, 0.1) is 31.5 Å². The first-order valence-corrected chi connectivity index (χ1v) is 39.4. The van der Waals surface area contributed by atoms with Crippen molar-refractivity contribution in [2.45, 2.75) is 273 Å². The van der Waals surface area contributed by atoms with E-state index in [0.29, 0.717) is 70.9 Å². The Hall–Kier alpha value is -7.22. The van der Waals surface area contributed by atoms with Crippen LogP contribution in [-0.4, -0.2) is 288 Å². The summed E-state index contributed by atoms with van der Waals surface area (Å²) in [6.45, 7) is 5.73. The van der Waals surface area contributed by atoms with Gasteiger partial charge in [0.1, 0.15) is 72.1 Å². The van der Waals surface area contributed by atoms with Gasteiger partial charge in [-0.15, -0.1) is 0 Å². The van der Waals surface area contributed by atoms with Crippen LogP contribution in [0.1, 0.15) is 188 Å². The molecule has 3 N–H and O–H groups in total. The molecule has 0 aromatic carbocycles. The van der Waals surface area contributed by atoms with Crippen LogP contribution >= 0.6 is 0 Å². The van der Waals surface area contributed by atoms with E-state index in [0.717, 1.165) is 19.6 Å². The maximum absolute atomic E-state index is 15.7. The molecule has 4 aliphatic carbocycles. The third-order valence-corrected chi connectivity index (χ3v) is 24.8. The topological polar surface area (TPSA) is 279 Å². The van der Waals surface area contributed by atoms with Crippen LogP contribution in [-0.2, 0) is 62.3 Å². The number of nitrogens with zero attached hydrogens (tertiary/aromatic N) is 9. The van der Waals surface area contributed by atoms with Crippen molar-refractivity contribution in [2.24, 2.45) is 35.5 Å². The molecule has 2 unspecified atom stereocenters. The summed E-state index contributed by atoms with van der Waals surface area (Å²) in [6, 6.07) is -11.2. The van der Waals surface area contributed by atoms with E-state index in [4.69, 9.17) is 4.74 Å². The number of carbonyl (C=O) groups excluding carboxylic acids is 12. The second-order valence-corrected chi connectivity index (χ2v) is 32.1. The number of likely N-dealkylation sites (tertiary alicyclic amines) is 1. The second kappa shape index (κ2) is 37.9. The summed E-state index contributed by atoms with van der Waals surface area (Å²) in [5.74, 6) is -16.5. The van der Waals surface area contributed by atoms with E-state index in [9.17, 15) is 50.3 Å². The third kappa shape index (κ3) is 20.9. The van der Waals surface area contributed by atoms with Crippen molar-refractivity contribution < 1.29 is 97.4 Å². The lowest BCUT2D eigenvalue weighted by Gasteiger charge is -2.46. The summed E-state index contributed by atoms with van der Waals surface area (Å²) in [6.07, 6.45) is -11.3. The molecular weight excluding hydrogens is 1440 g/mol. The number of rotatable bonds is 13. The van der Waals surface area contributed by atoms with Crippen molar-refractivity contribution >= 4 is 70.9 Å². The highest BCUT2D eigenvalue weighted by molar-refractivity contribution is 6.01. The first kappa shape index (κ1) is 87.4. The van der Waals surface area contributed by atoms with Crippen molar-refractivity contribution in [1.82, 2.24) is 60.0 Å². The maximum atomic E-state index is 15.7. The molecule has 12 atom stereocenters. The van der Waals surface area contributed by atoms with E-state index < -0.39 is 230 Å². The minimum Gasteiger partial charge on any atom is -0.377 e. The van der Waals surface area contributed by atoms with Crippen LogP contribution in [0.3, 0.4) is 0 Å². The molecule has 614 valence electrons. The summed E-state index contributed by atoms with van der Waals surface area (Å²) in [7, 11) is 8.09. The van der Waals surface area contributed by atoms with Crippen molar-refractivity contribution in [3.8, 4) is 0 Å². The number of likely N-dealkylation sites (N-methyl/N-ethyl adjacent to an activating group) is 6. The summed E-state index contributed by atoms with van der Waals surface area (Å²) < 4.78 is 121. The first-order chi connectivity index (χ1) is 51.4. The van der Waals surface area contributed by atoms with E-state index >= 15 is 42.3 Å². The molecule has 0 aromatic rings. The minimum atomic E-state index is -5.22. The molecule has 3 saturated heterocycles. The number of hydrogen-bond acceptors (Lipinski definition) is 13. The highest BCUT2D eigenvalue weighted by Gasteiger charge is 2.56. The van der Waals surface area contributed by atoms with Crippen molar-refractivity contribution in [1.29, 1.82) is 0 Å². The predicted octanol–water partition coefficient (Wildman–Crippen LogP) is 6.64. The fourth-order valence-electron chi connectivity index (χ4n) is 17.7. The molecule has 8 rings (SSSR count). The number of hydrogen-bond donors (Lipinski definition) is 3. The van der Waals surface area contributed by atoms with Crippen LogP contribution in [0.4, 0.5) is 35.1 Å². The number of ether oxygens (including phenoxy) is 1. The molecular formula is C76H116F8N12O13. The van der Waals surface area contributed by atoms with Gasteiger partial charge in [0.15, 0.2) is 0 Å². The molecule has 7 fully saturated rings. The number of fused-ring (bicyclic) bond motifs is 3. The predicted molar refractivity (Wildman–Crippen MR) is 384 cm³/mol. The molecule has 1 spiro atoms. The van der Waals surface area contributed by atoms with Gasteiger partial charge in [-0.3, -0.25) is 57.5 Å². The summed E-state index contributed by atoms with van der Waals surface area (Å²) in [5.41, 5.74) is -1.68. The Labute approximate surface area is 634 Å². The molecule has 109 heavy (non-hydrogen) atoms. The fraction of sp³-hybridized carbons (Fsp3) is 0.816. The van der Waals surface area contributed by atoms with Gasteiger partial charge in [-0.25, -0.2) is 8.78 Å². The van der Waals surface area contributed by atoms with Crippen LogP contribution in [0.2, 0.25) is 0 Å². The zero-order valence-corrected chi connectivity index (χ0v) is 65.0. The van der Waals surface area contributed by atoms with Gasteiger partial charge in [-0.05, 0) is 153 Å². The number of alkyl halides is 8. The van der Waals surface area contributed by atoms with E-state index in [1.54, 1.807) is 44.7 Å². The van der Waals surface area contributed by atoms with Crippen molar-refractivity contribution in [3.05, 3.63) is 12.2 Å². The molecule has 2 bridgehead atoms. The minimum absolute atomic E-state index is 0.00231. The molecule has 8 aliphatic rings. The Kier molecular flexibility index (Phi) is 30.3. The Balaban J connectivity index is 1.20. The molecule has 12 amide bonds. The molecule has 0 aromatic heterocycles. The van der Waals surface area contributed by atoms with Gasteiger partial charge >= 0.3 is 12.4 Å². The van der Waals surface area contributed by atoms with Crippen LogP contribution in [0, 0.1) is 35.5 Å². The van der Waals surface area contributed by atoms with Crippen molar-refractivity contribution in [3.63, 3.8) is 0 Å². The lowest BCUT2D eigenvalue weighted by Crippen LogP contribution is -2.68. The molecule has 0 radical (unpaired) electrons.